The molecule has 108 valence electrons. The van der Waals surface area contributed by atoms with Crippen molar-refractivity contribution in [3.63, 3.8) is 0 Å². The highest BCUT2D eigenvalue weighted by Gasteiger charge is 2.11. The number of nitrogens with one attached hydrogen (secondary N) is 1. The van der Waals surface area contributed by atoms with E-state index in [1.165, 1.54) is 0 Å². The molecule has 1 amide bonds. The van der Waals surface area contributed by atoms with Crippen molar-refractivity contribution < 1.29 is 9.90 Å². The molecule has 0 saturated heterocycles. The first-order valence-corrected chi connectivity index (χ1v) is 6.54. The molecule has 2 N–H and O–H groups in total. The van der Waals surface area contributed by atoms with Crippen molar-refractivity contribution in [2.75, 3.05) is 27.2 Å². The van der Waals surface area contributed by atoms with Crippen LogP contribution < -0.4 is 5.32 Å². The van der Waals surface area contributed by atoms with E-state index in [9.17, 15) is 4.79 Å². The van der Waals surface area contributed by atoms with Gasteiger partial charge in [0.05, 0.1) is 6.61 Å². The van der Waals surface area contributed by atoms with Gasteiger partial charge in [-0.25, -0.2) is 4.98 Å². The summed E-state index contributed by atoms with van der Waals surface area (Å²) in [7, 11) is 3.92. The van der Waals surface area contributed by atoms with Crippen molar-refractivity contribution >= 4 is 5.91 Å². The predicted octanol–water partition coefficient (Wildman–Crippen LogP) is 0.495. The average molecular weight is 275 g/mol. The molecule has 1 aromatic heterocycles. The minimum absolute atomic E-state index is 0.0463. The maximum Gasteiger partial charge on any atom is 0.270 e. The van der Waals surface area contributed by atoms with Crippen LogP contribution in [0.5, 0.6) is 0 Å². The van der Waals surface area contributed by atoms with Crippen LogP contribution in [0.2, 0.25) is 0 Å². The number of pyridine rings is 1. The summed E-state index contributed by atoms with van der Waals surface area (Å²) in [4.78, 5) is 18.1. The Morgan fingerprint density at radius 2 is 2.25 bits per heavy atom. The Hall–Kier alpha value is -1.90. The Bertz CT molecular complexity index is 486. The minimum Gasteiger partial charge on any atom is -0.395 e. The van der Waals surface area contributed by atoms with Gasteiger partial charge in [-0.1, -0.05) is 11.8 Å². The molecule has 0 aliphatic rings. The highest BCUT2D eigenvalue weighted by molar-refractivity contribution is 5.92. The van der Waals surface area contributed by atoms with E-state index >= 15 is 0 Å². The Morgan fingerprint density at radius 1 is 1.50 bits per heavy atom. The molecule has 1 heterocycles. The van der Waals surface area contributed by atoms with Crippen LogP contribution in [0.4, 0.5) is 0 Å². The molecular formula is C15H21N3O2. The zero-order valence-electron chi connectivity index (χ0n) is 12.2. The Morgan fingerprint density at radius 3 is 2.80 bits per heavy atom. The highest BCUT2D eigenvalue weighted by atomic mass is 16.2. The van der Waals surface area contributed by atoms with E-state index in [1.54, 1.807) is 18.3 Å². The molecule has 1 aromatic rings. The van der Waals surface area contributed by atoms with Crippen LogP contribution in [0.15, 0.2) is 18.3 Å². The SMILES string of the molecule is CC(CN(C)C)NC(=O)c1ccc(C#CCCO)cn1. The number of hydrogen-bond donors (Lipinski definition) is 2. The third kappa shape index (κ3) is 5.83. The van der Waals surface area contributed by atoms with Crippen LogP contribution in [0, 0.1) is 11.8 Å². The van der Waals surface area contributed by atoms with Crippen LogP contribution in [-0.4, -0.2) is 54.2 Å². The van der Waals surface area contributed by atoms with Gasteiger partial charge in [-0.2, -0.15) is 0 Å². The molecule has 1 rings (SSSR count). The smallest absolute Gasteiger partial charge is 0.270 e. The summed E-state index contributed by atoms with van der Waals surface area (Å²) in [6, 6.07) is 3.46. The second-order valence-electron chi connectivity index (χ2n) is 4.84. The predicted molar refractivity (Wildman–Crippen MR) is 78.3 cm³/mol. The topological polar surface area (TPSA) is 65.5 Å². The molecule has 0 saturated carbocycles. The molecule has 1 unspecified atom stereocenters. The number of rotatable bonds is 5. The quantitative estimate of drug-likeness (QED) is 0.768. The zero-order valence-corrected chi connectivity index (χ0v) is 12.2. The van der Waals surface area contributed by atoms with Crippen molar-refractivity contribution in [3.8, 4) is 11.8 Å². The molecule has 5 nitrogen and oxygen atoms in total. The van der Waals surface area contributed by atoms with Gasteiger partial charge in [0.1, 0.15) is 5.69 Å². The zero-order chi connectivity index (χ0) is 15.0. The number of aromatic nitrogens is 1. The number of aliphatic hydroxyl groups is 1. The van der Waals surface area contributed by atoms with Crippen LogP contribution in [0.1, 0.15) is 29.4 Å². The van der Waals surface area contributed by atoms with Gasteiger partial charge in [0.15, 0.2) is 0 Å². The number of carbonyl (C=O) groups is 1. The molecule has 20 heavy (non-hydrogen) atoms. The molecule has 0 fully saturated rings. The second-order valence-corrected chi connectivity index (χ2v) is 4.84. The molecule has 0 radical (unpaired) electrons. The van der Waals surface area contributed by atoms with Crippen LogP contribution in [0.3, 0.4) is 0 Å². The molecule has 1 atom stereocenters. The second kappa shape index (κ2) is 8.31. The van der Waals surface area contributed by atoms with E-state index < -0.39 is 0 Å². The summed E-state index contributed by atoms with van der Waals surface area (Å²) in [5, 5.41) is 11.5. The molecule has 0 bridgehead atoms. The van der Waals surface area contributed by atoms with E-state index in [0.29, 0.717) is 12.1 Å². The number of amides is 1. The van der Waals surface area contributed by atoms with Crippen LogP contribution in [-0.2, 0) is 0 Å². The van der Waals surface area contributed by atoms with Gasteiger partial charge in [0, 0.05) is 30.8 Å². The molecular weight excluding hydrogens is 254 g/mol. The third-order valence-corrected chi connectivity index (χ3v) is 2.48. The fraction of sp³-hybridized carbons (Fsp3) is 0.467. The Labute approximate surface area is 120 Å². The molecule has 0 aliphatic carbocycles. The standard InChI is InChI=1S/C15H21N3O2/c1-12(11-18(2)3)17-15(20)14-8-7-13(10-16-14)6-4-5-9-19/h7-8,10,12,19H,5,9,11H2,1-3H3,(H,17,20). The largest absolute Gasteiger partial charge is 0.395 e. The van der Waals surface area contributed by atoms with E-state index in [2.05, 4.69) is 22.1 Å². The number of aliphatic hydroxyl groups excluding tert-OH is 1. The fourth-order valence-electron chi connectivity index (χ4n) is 1.71. The summed E-state index contributed by atoms with van der Waals surface area (Å²) in [6.45, 7) is 2.77. The average Bonchev–Trinajstić information content (AvgIpc) is 2.38. The number of nitrogens with zero attached hydrogens (tertiary/aromatic N) is 2. The lowest BCUT2D eigenvalue weighted by Gasteiger charge is -2.17. The maximum atomic E-state index is 11.9. The number of hydrogen-bond acceptors (Lipinski definition) is 4. The van der Waals surface area contributed by atoms with Gasteiger partial charge in [-0.05, 0) is 33.2 Å². The number of carbonyl (C=O) groups excluding carboxylic acids is 1. The third-order valence-electron chi connectivity index (χ3n) is 2.48. The van der Waals surface area contributed by atoms with Crippen molar-refractivity contribution in [1.82, 2.24) is 15.2 Å². The highest BCUT2D eigenvalue weighted by Crippen LogP contribution is 2.00. The summed E-state index contributed by atoms with van der Waals surface area (Å²) < 4.78 is 0. The first-order valence-electron chi connectivity index (χ1n) is 6.54. The summed E-state index contributed by atoms with van der Waals surface area (Å²) in [5.74, 6) is 5.49. The lowest BCUT2D eigenvalue weighted by molar-refractivity contribution is 0.0929. The van der Waals surface area contributed by atoms with Crippen molar-refractivity contribution in [2.24, 2.45) is 0 Å². The minimum atomic E-state index is -0.186. The fourth-order valence-corrected chi connectivity index (χ4v) is 1.71. The summed E-state index contributed by atoms with van der Waals surface area (Å²) in [5.41, 5.74) is 1.11. The van der Waals surface area contributed by atoms with Gasteiger partial charge in [0.25, 0.3) is 5.91 Å². The van der Waals surface area contributed by atoms with Gasteiger partial charge in [-0.15, -0.1) is 0 Å². The first kappa shape index (κ1) is 16.2. The van der Waals surface area contributed by atoms with E-state index in [-0.39, 0.29) is 18.6 Å². The van der Waals surface area contributed by atoms with E-state index in [0.717, 1.165) is 12.1 Å². The van der Waals surface area contributed by atoms with Gasteiger partial charge < -0.3 is 15.3 Å². The van der Waals surface area contributed by atoms with Crippen molar-refractivity contribution in [2.45, 2.75) is 19.4 Å². The van der Waals surface area contributed by atoms with Gasteiger partial charge in [-0.3, -0.25) is 4.79 Å². The summed E-state index contributed by atoms with van der Waals surface area (Å²) >= 11 is 0. The number of likely N-dealkylation sites (N-methyl/N-ethyl adjacent to an activating group) is 1. The molecule has 5 heteroatoms. The van der Waals surface area contributed by atoms with Crippen molar-refractivity contribution in [3.05, 3.63) is 29.6 Å². The Balaban J connectivity index is 2.60. The van der Waals surface area contributed by atoms with Gasteiger partial charge in [0.2, 0.25) is 0 Å². The normalized spacial score (nSPS) is 11.7. The first-order chi connectivity index (χ1) is 9.52. The monoisotopic (exact) mass is 275 g/mol. The summed E-state index contributed by atoms with van der Waals surface area (Å²) in [6.07, 6.45) is 2.00. The maximum absolute atomic E-state index is 11.9. The lowest BCUT2D eigenvalue weighted by atomic mass is 10.2. The van der Waals surface area contributed by atoms with Crippen LogP contribution in [0.25, 0.3) is 0 Å². The molecule has 0 aliphatic heterocycles. The van der Waals surface area contributed by atoms with E-state index in [1.807, 2.05) is 25.9 Å². The van der Waals surface area contributed by atoms with Gasteiger partial charge >= 0.3 is 0 Å². The van der Waals surface area contributed by atoms with E-state index in [4.69, 9.17) is 5.11 Å². The molecule has 0 spiro atoms. The lowest BCUT2D eigenvalue weighted by Crippen LogP contribution is -2.39. The van der Waals surface area contributed by atoms with Crippen LogP contribution >= 0.6 is 0 Å². The Kier molecular flexibility index (Phi) is 6.71. The molecule has 0 aromatic carbocycles. The van der Waals surface area contributed by atoms with Crippen molar-refractivity contribution in [1.29, 1.82) is 0 Å².